The summed E-state index contributed by atoms with van der Waals surface area (Å²) >= 11 is 0. The zero-order chi connectivity index (χ0) is 20.7. The molecule has 2 saturated heterocycles. The Morgan fingerprint density at radius 1 is 1.17 bits per heavy atom. The summed E-state index contributed by atoms with van der Waals surface area (Å²) in [6.07, 6.45) is 4.11. The second-order valence-corrected chi connectivity index (χ2v) is 8.24. The fourth-order valence-corrected chi connectivity index (χ4v) is 4.21. The van der Waals surface area contributed by atoms with Crippen molar-refractivity contribution in [3.8, 4) is 0 Å². The highest BCUT2D eigenvalue weighted by atomic mass is 19.1. The van der Waals surface area contributed by atoms with E-state index < -0.39 is 11.5 Å². The Bertz CT molecular complexity index is 704. The fraction of sp³-hybridized carbons (Fsp3) is 0.636. The van der Waals surface area contributed by atoms with Crippen molar-refractivity contribution >= 4 is 11.8 Å². The molecule has 0 radical (unpaired) electrons. The van der Waals surface area contributed by atoms with Crippen molar-refractivity contribution in [3.63, 3.8) is 0 Å². The van der Waals surface area contributed by atoms with Gasteiger partial charge >= 0.3 is 0 Å². The number of ether oxygens (including phenoxy) is 1. The van der Waals surface area contributed by atoms with Gasteiger partial charge in [-0.25, -0.2) is 4.39 Å². The number of amides is 2. The average Bonchev–Trinajstić information content (AvgIpc) is 2.71. The first-order valence-corrected chi connectivity index (χ1v) is 10.6. The monoisotopic (exact) mass is 405 g/mol. The van der Waals surface area contributed by atoms with Gasteiger partial charge in [-0.1, -0.05) is 18.6 Å². The Hall–Kier alpha value is -1.99. The number of piperidine rings is 1. The third-order valence-corrected chi connectivity index (χ3v) is 6.07. The minimum Gasteiger partial charge on any atom is -0.380 e. The first kappa shape index (κ1) is 21.7. The Morgan fingerprint density at radius 2 is 1.97 bits per heavy atom. The van der Waals surface area contributed by atoms with Crippen LogP contribution >= 0.6 is 0 Å². The van der Waals surface area contributed by atoms with E-state index in [1.165, 1.54) is 6.07 Å². The zero-order valence-corrected chi connectivity index (χ0v) is 17.2. The molecule has 0 unspecified atom stereocenters. The van der Waals surface area contributed by atoms with Gasteiger partial charge in [0.25, 0.3) is 0 Å². The molecule has 6 nitrogen and oxygen atoms in total. The normalized spacial score (nSPS) is 24.7. The van der Waals surface area contributed by atoms with E-state index in [4.69, 9.17) is 4.74 Å². The number of hydrogen-bond donors (Lipinski definition) is 2. The summed E-state index contributed by atoms with van der Waals surface area (Å²) in [5.74, 6) is -0.425. The molecule has 1 spiro atoms. The van der Waals surface area contributed by atoms with E-state index in [0.717, 1.165) is 50.8 Å². The van der Waals surface area contributed by atoms with Gasteiger partial charge in [0.15, 0.2) is 0 Å². The maximum absolute atomic E-state index is 13.5. The topological polar surface area (TPSA) is 70.7 Å². The molecule has 0 saturated carbocycles. The van der Waals surface area contributed by atoms with Gasteiger partial charge in [-0.05, 0) is 63.4 Å². The molecular weight excluding hydrogens is 373 g/mol. The van der Waals surface area contributed by atoms with Gasteiger partial charge in [0, 0.05) is 19.7 Å². The Morgan fingerprint density at radius 3 is 2.72 bits per heavy atom. The van der Waals surface area contributed by atoms with Gasteiger partial charge in [0.05, 0.1) is 12.0 Å². The van der Waals surface area contributed by atoms with Crippen LogP contribution < -0.4 is 10.6 Å². The molecule has 2 N–H and O–H groups in total. The molecule has 2 fully saturated rings. The molecule has 29 heavy (non-hydrogen) atoms. The number of likely N-dealkylation sites (tertiary alicyclic amines) is 1. The minimum absolute atomic E-state index is 0.0225. The first-order chi connectivity index (χ1) is 14.0. The summed E-state index contributed by atoms with van der Waals surface area (Å²) in [5.41, 5.74) is 0.490. The van der Waals surface area contributed by atoms with Crippen molar-refractivity contribution in [1.82, 2.24) is 15.5 Å². The highest BCUT2D eigenvalue weighted by molar-refractivity contribution is 5.89. The van der Waals surface area contributed by atoms with E-state index in [-0.39, 0.29) is 17.6 Å². The molecule has 2 amide bonds. The number of hydrogen-bond acceptors (Lipinski definition) is 4. The number of nitrogens with one attached hydrogen (secondary N) is 2. The van der Waals surface area contributed by atoms with E-state index >= 15 is 0 Å². The smallest absolute Gasteiger partial charge is 0.242 e. The molecule has 1 atom stereocenters. The molecule has 2 aliphatic rings. The Labute approximate surface area is 172 Å². The van der Waals surface area contributed by atoms with Gasteiger partial charge in [-0.2, -0.15) is 0 Å². The summed E-state index contributed by atoms with van der Waals surface area (Å²) < 4.78 is 19.0. The van der Waals surface area contributed by atoms with E-state index in [2.05, 4.69) is 15.5 Å². The van der Waals surface area contributed by atoms with Crippen molar-refractivity contribution in [2.75, 3.05) is 32.8 Å². The second-order valence-electron chi connectivity index (χ2n) is 8.24. The van der Waals surface area contributed by atoms with E-state index in [1.807, 2.05) is 6.07 Å². The molecule has 0 aliphatic carbocycles. The molecule has 0 bridgehead atoms. The SMILES string of the molecule is C[C@@H]1NC(=O)C2(CCCCOCCNC1=O)CCN(Cc1cccc(F)c1)CC2. The lowest BCUT2D eigenvalue weighted by molar-refractivity contribution is -0.138. The fourth-order valence-electron chi connectivity index (χ4n) is 4.21. The molecule has 0 aromatic heterocycles. The first-order valence-electron chi connectivity index (χ1n) is 10.6. The van der Waals surface area contributed by atoms with Crippen molar-refractivity contribution < 1.29 is 18.7 Å². The summed E-state index contributed by atoms with van der Waals surface area (Å²) in [5, 5.41) is 5.74. The van der Waals surface area contributed by atoms with Crippen LogP contribution in [0.1, 0.15) is 44.6 Å². The van der Waals surface area contributed by atoms with Gasteiger partial charge in [0.1, 0.15) is 11.9 Å². The average molecular weight is 406 g/mol. The largest absolute Gasteiger partial charge is 0.380 e. The van der Waals surface area contributed by atoms with E-state index in [1.54, 1.807) is 19.1 Å². The van der Waals surface area contributed by atoms with Gasteiger partial charge in [0.2, 0.25) is 11.8 Å². The molecule has 2 aliphatic heterocycles. The van der Waals surface area contributed by atoms with Gasteiger partial charge in [-0.3, -0.25) is 14.5 Å². The van der Waals surface area contributed by atoms with Crippen molar-refractivity contribution in [1.29, 1.82) is 0 Å². The highest BCUT2D eigenvalue weighted by Gasteiger charge is 2.41. The molecule has 2 heterocycles. The lowest BCUT2D eigenvalue weighted by atomic mass is 9.73. The van der Waals surface area contributed by atoms with Crippen LogP contribution in [0.4, 0.5) is 4.39 Å². The summed E-state index contributed by atoms with van der Waals surface area (Å²) in [4.78, 5) is 27.6. The number of rotatable bonds is 2. The summed E-state index contributed by atoms with van der Waals surface area (Å²) in [7, 11) is 0. The van der Waals surface area contributed by atoms with Crippen LogP contribution in [0.2, 0.25) is 0 Å². The van der Waals surface area contributed by atoms with E-state index in [9.17, 15) is 14.0 Å². The molecular formula is C22H32FN3O3. The molecule has 1 aromatic carbocycles. The van der Waals surface area contributed by atoms with Crippen LogP contribution in [0.5, 0.6) is 0 Å². The summed E-state index contributed by atoms with van der Waals surface area (Å²) in [6, 6.07) is 6.11. The number of benzene rings is 1. The number of nitrogens with zero attached hydrogens (tertiary/aromatic N) is 1. The Balaban J connectivity index is 1.64. The molecule has 3 rings (SSSR count). The van der Waals surface area contributed by atoms with Crippen LogP contribution in [-0.2, 0) is 20.9 Å². The Kier molecular flexibility index (Phi) is 7.61. The second kappa shape index (κ2) is 10.2. The standard InChI is InChI=1S/C22H32FN3O3/c1-17-20(27)24-10-14-29-13-3-2-7-22(21(28)25-17)8-11-26(12-9-22)16-18-5-4-6-19(23)15-18/h4-6,15,17H,2-3,7-14,16H2,1H3,(H,24,27)(H,25,28)/t17-/m0/s1. The third-order valence-electron chi connectivity index (χ3n) is 6.07. The van der Waals surface area contributed by atoms with Crippen LogP contribution in [0.25, 0.3) is 0 Å². The molecule has 160 valence electrons. The van der Waals surface area contributed by atoms with Crippen molar-refractivity contribution in [2.45, 2.75) is 51.6 Å². The number of carbonyl (C=O) groups is 2. The maximum atomic E-state index is 13.5. The lowest BCUT2D eigenvalue weighted by Crippen LogP contribution is -2.53. The maximum Gasteiger partial charge on any atom is 0.242 e. The predicted molar refractivity (Wildman–Crippen MR) is 109 cm³/mol. The predicted octanol–water partition coefficient (Wildman–Crippen LogP) is 2.23. The quantitative estimate of drug-likeness (QED) is 0.792. The third kappa shape index (κ3) is 6.00. The minimum atomic E-state index is -0.564. The number of halogens is 1. The highest BCUT2D eigenvalue weighted by Crippen LogP contribution is 2.37. The van der Waals surface area contributed by atoms with Crippen LogP contribution in [0, 0.1) is 11.2 Å². The van der Waals surface area contributed by atoms with Crippen molar-refractivity contribution in [3.05, 3.63) is 35.6 Å². The van der Waals surface area contributed by atoms with E-state index in [0.29, 0.717) is 26.3 Å². The van der Waals surface area contributed by atoms with Crippen molar-refractivity contribution in [2.24, 2.45) is 5.41 Å². The summed E-state index contributed by atoms with van der Waals surface area (Å²) in [6.45, 7) is 5.56. The zero-order valence-electron chi connectivity index (χ0n) is 17.2. The molecule has 7 heteroatoms. The molecule has 1 aromatic rings. The number of carbonyl (C=O) groups excluding carboxylic acids is 2. The lowest BCUT2D eigenvalue weighted by Gasteiger charge is -2.41. The van der Waals surface area contributed by atoms with Crippen LogP contribution in [-0.4, -0.2) is 55.6 Å². The van der Waals surface area contributed by atoms with Crippen LogP contribution in [0.3, 0.4) is 0 Å². The van der Waals surface area contributed by atoms with Crippen LogP contribution in [0.15, 0.2) is 24.3 Å². The van der Waals surface area contributed by atoms with Gasteiger partial charge < -0.3 is 15.4 Å². The van der Waals surface area contributed by atoms with Gasteiger partial charge in [-0.15, -0.1) is 0 Å².